The summed E-state index contributed by atoms with van der Waals surface area (Å²) < 4.78 is 25.6. The lowest BCUT2D eigenvalue weighted by Gasteiger charge is -2.02. The van der Waals surface area contributed by atoms with Crippen molar-refractivity contribution in [3.63, 3.8) is 0 Å². The summed E-state index contributed by atoms with van der Waals surface area (Å²) in [4.78, 5) is -0.157. The van der Waals surface area contributed by atoms with E-state index in [4.69, 9.17) is 5.26 Å². The zero-order valence-electron chi connectivity index (χ0n) is 10.3. The predicted molar refractivity (Wildman–Crippen MR) is 81.4 cm³/mol. The molecule has 5 heteroatoms. The zero-order chi connectivity index (χ0) is 14.6. The lowest BCUT2D eigenvalue weighted by molar-refractivity contribution is 0.603. The highest BCUT2D eigenvalue weighted by atomic mass is 79.9. The second-order valence-corrected chi connectivity index (χ2v) is 6.82. The molecule has 0 heterocycles. The maximum absolute atomic E-state index is 12.3. The van der Waals surface area contributed by atoms with Crippen molar-refractivity contribution >= 4 is 31.8 Å². The maximum Gasteiger partial charge on any atom is 0.216 e. The Hall–Kier alpha value is -1.90. The highest BCUT2D eigenvalue weighted by Gasteiger charge is 2.20. The SMILES string of the molecule is N#C/C(=C/c1ccc(Br)cc1)S(=O)(=O)c1ccccc1. The van der Waals surface area contributed by atoms with Gasteiger partial charge in [-0.1, -0.05) is 46.3 Å². The van der Waals surface area contributed by atoms with Crippen molar-refractivity contribution < 1.29 is 8.42 Å². The molecule has 0 aliphatic carbocycles. The van der Waals surface area contributed by atoms with Gasteiger partial charge in [-0.25, -0.2) is 8.42 Å². The Morgan fingerprint density at radius 3 is 2.20 bits per heavy atom. The first-order valence-corrected chi connectivity index (χ1v) is 7.99. The van der Waals surface area contributed by atoms with Gasteiger partial charge in [0.1, 0.15) is 11.0 Å². The molecule has 0 aliphatic heterocycles. The summed E-state index contributed by atoms with van der Waals surface area (Å²) >= 11 is 3.30. The molecule has 20 heavy (non-hydrogen) atoms. The minimum atomic E-state index is -3.77. The van der Waals surface area contributed by atoms with Crippen LogP contribution in [0.3, 0.4) is 0 Å². The Labute approximate surface area is 126 Å². The summed E-state index contributed by atoms with van der Waals surface area (Å²) in [6.07, 6.45) is 1.37. The van der Waals surface area contributed by atoms with Crippen molar-refractivity contribution in [2.24, 2.45) is 0 Å². The summed E-state index contributed by atoms with van der Waals surface area (Å²) in [6.45, 7) is 0. The van der Waals surface area contributed by atoms with Gasteiger partial charge < -0.3 is 0 Å². The quantitative estimate of drug-likeness (QED) is 0.793. The van der Waals surface area contributed by atoms with E-state index in [2.05, 4.69) is 15.9 Å². The fraction of sp³-hybridized carbons (Fsp3) is 0. The predicted octanol–water partition coefficient (Wildman–Crippen LogP) is 3.79. The Bertz CT molecular complexity index is 773. The molecule has 0 saturated heterocycles. The van der Waals surface area contributed by atoms with Gasteiger partial charge in [-0.05, 0) is 35.9 Å². The lowest BCUT2D eigenvalue weighted by Crippen LogP contribution is -2.03. The molecule has 0 spiro atoms. The largest absolute Gasteiger partial charge is 0.218 e. The number of nitrogens with zero attached hydrogens (tertiary/aromatic N) is 1. The summed E-state index contributed by atoms with van der Waals surface area (Å²) in [7, 11) is -3.77. The number of rotatable bonds is 3. The van der Waals surface area contributed by atoms with Crippen LogP contribution in [0, 0.1) is 11.3 Å². The van der Waals surface area contributed by atoms with Crippen molar-refractivity contribution in [1.29, 1.82) is 5.26 Å². The van der Waals surface area contributed by atoms with E-state index in [1.54, 1.807) is 48.5 Å². The summed E-state index contributed by atoms with van der Waals surface area (Å²) in [5.41, 5.74) is 0.657. The van der Waals surface area contributed by atoms with Gasteiger partial charge in [-0.15, -0.1) is 0 Å². The Morgan fingerprint density at radius 1 is 1.05 bits per heavy atom. The molecule has 3 nitrogen and oxygen atoms in total. The van der Waals surface area contributed by atoms with E-state index in [-0.39, 0.29) is 9.80 Å². The average Bonchev–Trinajstić information content (AvgIpc) is 2.47. The van der Waals surface area contributed by atoms with E-state index in [1.165, 1.54) is 18.2 Å². The molecule has 0 aromatic heterocycles. The Balaban J connectivity index is 2.48. The minimum Gasteiger partial charge on any atom is -0.218 e. The van der Waals surface area contributed by atoms with Gasteiger partial charge >= 0.3 is 0 Å². The Morgan fingerprint density at radius 2 is 1.65 bits per heavy atom. The van der Waals surface area contributed by atoms with Gasteiger partial charge in [0.05, 0.1) is 4.90 Å². The molecule has 0 saturated carbocycles. The van der Waals surface area contributed by atoms with Crippen LogP contribution in [0.5, 0.6) is 0 Å². The van der Waals surface area contributed by atoms with Crippen molar-refractivity contribution in [2.45, 2.75) is 4.90 Å². The van der Waals surface area contributed by atoms with Crippen LogP contribution in [-0.4, -0.2) is 8.42 Å². The monoisotopic (exact) mass is 347 g/mol. The van der Waals surface area contributed by atoms with E-state index >= 15 is 0 Å². The average molecular weight is 348 g/mol. The molecule has 2 aromatic rings. The zero-order valence-corrected chi connectivity index (χ0v) is 12.7. The molecule has 2 aromatic carbocycles. The van der Waals surface area contributed by atoms with Gasteiger partial charge in [0.2, 0.25) is 9.84 Å². The fourth-order valence-corrected chi connectivity index (χ4v) is 3.05. The van der Waals surface area contributed by atoms with Gasteiger partial charge in [0.15, 0.2) is 0 Å². The molecule has 0 radical (unpaired) electrons. The lowest BCUT2D eigenvalue weighted by atomic mass is 10.2. The highest BCUT2D eigenvalue weighted by Crippen LogP contribution is 2.21. The summed E-state index contributed by atoms with van der Waals surface area (Å²) in [5.74, 6) is 0. The third-order valence-corrected chi connectivity index (χ3v) is 4.83. The van der Waals surface area contributed by atoms with Crippen molar-refractivity contribution in [1.82, 2.24) is 0 Å². The normalized spacial score (nSPS) is 11.9. The molecule has 0 N–H and O–H groups in total. The van der Waals surface area contributed by atoms with E-state index in [9.17, 15) is 8.42 Å². The molecule has 100 valence electrons. The van der Waals surface area contributed by atoms with E-state index in [1.807, 2.05) is 0 Å². The smallest absolute Gasteiger partial charge is 0.216 e. The van der Waals surface area contributed by atoms with Crippen LogP contribution < -0.4 is 0 Å². The topological polar surface area (TPSA) is 57.9 Å². The summed E-state index contributed by atoms with van der Waals surface area (Å²) in [6, 6.07) is 16.7. The van der Waals surface area contributed by atoms with Crippen molar-refractivity contribution in [3.8, 4) is 6.07 Å². The van der Waals surface area contributed by atoms with E-state index < -0.39 is 9.84 Å². The molecule has 2 rings (SSSR count). The first-order chi connectivity index (χ1) is 9.54. The second-order valence-electron chi connectivity index (χ2n) is 3.99. The number of nitriles is 1. The van der Waals surface area contributed by atoms with E-state index in [0.29, 0.717) is 5.56 Å². The number of hydrogen-bond donors (Lipinski definition) is 0. The third-order valence-electron chi connectivity index (χ3n) is 2.62. The van der Waals surface area contributed by atoms with Crippen LogP contribution in [0.1, 0.15) is 5.56 Å². The van der Waals surface area contributed by atoms with Crippen LogP contribution >= 0.6 is 15.9 Å². The molecule has 0 fully saturated rings. The molecular formula is C15H10BrNO2S. The number of benzene rings is 2. The summed E-state index contributed by atoms with van der Waals surface area (Å²) in [5, 5.41) is 9.13. The standard InChI is InChI=1S/C15H10BrNO2S/c16-13-8-6-12(7-9-13)10-15(11-17)20(18,19)14-4-2-1-3-5-14/h1-10H/b15-10-. The number of halogens is 1. The molecule has 0 unspecified atom stereocenters. The first-order valence-electron chi connectivity index (χ1n) is 5.71. The first kappa shape index (κ1) is 14.5. The molecule has 0 aliphatic rings. The molecule has 0 atom stereocenters. The van der Waals surface area contributed by atoms with Gasteiger partial charge in [-0.3, -0.25) is 0 Å². The van der Waals surface area contributed by atoms with Crippen LogP contribution in [-0.2, 0) is 9.84 Å². The molecular weight excluding hydrogens is 338 g/mol. The van der Waals surface area contributed by atoms with Crippen LogP contribution in [0.15, 0.2) is 68.9 Å². The highest BCUT2D eigenvalue weighted by molar-refractivity contribution is 9.10. The third kappa shape index (κ3) is 3.16. The van der Waals surface area contributed by atoms with Crippen LogP contribution in [0.25, 0.3) is 6.08 Å². The fourth-order valence-electron chi connectivity index (χ4n) is 1.61. The van der Waals surface area contributed by atoms with Crippen molar-refractivity contribution in [2.75, 3.05) is 0 Å². The van der Waals surface area contributed by atoms with Crippen LogP contribution in [0.4, 0.5) is 0 Å². The van der Waals surface area contributed by atoms with Gasteiger partial charge in [-0.2, -0.15) is 5.26 Å². The van der Waals surface area contributed by atoms with Crippen molar-refractivity contribution in [3.05, 3.63) is 69.5 Å². The van der Waals surface area contributed by atoms with Gasteiger partial charge in [0, 0.05) is 4.47 Å². The number of allylic oxidation sites excluding steroid dienone is 1. The molecule has 0 bridgehead atoms. The number of sulfone groups is 1. The second kappa shape index (κ2) is 6.04. The van der Waals surface area contributed by atoms with Crippen LogP contribution in [0.2, 0.25) is 0 Å². The maximum atomic E-state index is 12.3. The van der Waals surface area contributed by atoms with Gasteiger partial charge in [0.25, 0.3) is 0 Å². The Kier molecular flexibility index (Phi) is 4.38. The van der Waals surface area contributed by atoms with E-state index in [0.717, 1.165) is 4.47 Å². The number of hydrogen-bond acceptors (Lipinski definition) is 3. The minimum absolute atomic E-state index is 0.116. The molecule has 0 amide bonds.